The summed E-state index contributed by atoms with van der Waals surface area (Å²) >= 11 is 0. The zero-order chi connectivity index (χ0) is 24.7. The zero-order valence-electron chi connectivity index (χ0n) is 18.6. The number of pyridine rings is 1. The van der Waals surface area contributed by atoms with Crippen molar-refractivity contribution in [2.24, 2.45) is 0 Å². The summed E-state index contributed by atoms with van der Waals surface area (Å²) in [6, 6.07) is 9.98. The second-order valence-electron chi connectivity index (χ2n) is 8.08. The Bertz CT molecular complexity index is 1500. The average molecular weight is 480 g/mol. The van der Waals surface area contributed by atoms with Gasteiger partial charge in [0.05, 0.1) is 40.3 Å². The lowest BCUT2D eigenvalue weighted by Gasteiger charge is -2.16. The second-order valence-corrected chi connectivity index (χ2v) is 8.08. The van der Waals surface area contributed by atoms with Crippen molar-refractivity contribution in [1.82, 2.24) is 24.5 Å². The van der Waals surface area contributed by atoms with E-state index in [2.05, 4.69) is 20.5 Å². The number of aromatic nitrogens is 5. The summed E-state index contributed by atoms with van der Waals surface area (Å²) in [6.07, 6.45) is 1.24. The highest BCUT2D eigenvalue weighted by molar-refractivity contribution is 6.12. The van der Waals surface area contributed by atoms with Crippen LogP contribution in [0.4, 0.5) is 18.9 Å². The normalized spacial score (nSPS) is 11.9. The highest BCUT2D eigenvalue weighted by Gasteiger charge is 2.35. The van der Waals surface area contributed by atoms with Crippen LogP contribution in [-0.2, 0) is 6.18 Å². The van der Waals surface area contributed by atoms with Gasteiger partial charge in [-0.2, -0.15) is 23.4 Å². The van der Waals surface area contributed by atoms with E-state index in [0.717, 1.165) is 6.07 Å². The molecule has 178 valence electrons. The third kappa shape index (κ3) is 4.16. The minimum absolute atomic E-state index is 0.0607. The van der Waals surface area contributed by atoms with Crippen molar-refractivity contribution in [1.29, 1.82) is 0 Å². The zero-order valence-corrected chi connectivity index (χ0v) is 18.6. The number of hydrogen-bond donors (Lipinski definition) is 1. The summed E-state index contributed by atoms with van der Waals surface area (Å²) in [5.41, 5.74) is -0.251. The molecule has 1 amide bonds. The van der Waals surface area contributed by atoms with Crippen LogP contribution in [0.5, 0.6) is 0 Å². The van der Waals surface area contributed by atoms with Gasteiger partial charge in [-0.25, -0.2) is 14.3 Å². The average Bonchev–Trinajstić information content (AvgIpc) is 3.59. The molecule has 0 aliphatic heterocycles. The number of alkyl halides is 3. The van der Waals surface area contributed by atoms with Crippen LogP contribution in [0.25, 0.3) is 28.2 Å². The maximum atomic E-state index is 13.9. The predicted molar refractivity (Wildman–Crippen MR) is 122 cm³/mol. The van der Waals surface area contributed by atoms with E-state index >= 15 is 0 Å². The van der Waals surface area contributed by atoms with E-state index in [0.29, 0.717) is 22.5 Å². The lowest BCUT2D eigenvalue weighted by atomic mass is 10.1. The molecule has 0 bridgehead atoms. The second kappa shape index (κ2) is 8.42. The smallest absolute Gasteiger partial charge is 0.418 e. The molecule has 0 spiro atoms. The van der Waals surface area contributed by atoms with Crippen LogP contribution >= 0.6 is 0 Å². The fraction of sp³-hybridized carbons (Fsp3) is 0.167. The number of carbonyl (C=O) groups is 1. The van der Waals surface area contributed by atoms with Crippen molar-refractivity contribution in [2.45, 2.75) is 26.1 Å². The number of nitrogens with zero attached hydrogens (tertiary/aromatic N) is 5. The molecule has 11 heteroatoms. The Hall–Kier alpha value is -4.41. The molecule has 5 aromatic rings. The molecule has 0 saturated heterocycles. The molecular weight excluding hydrogens is 461 g/mol. The number of halogens is 3. The number of amides is 1. The molecule has 5 rings (SSSR count). The monoisotopic (exact) mass is 480 g/mol. The summed E-state index contributed by atoms with van der Waals surface area (Å²) in [7, 11) is 0. The molecular formula is C24H19F3N6O2. The van der Waals surface area contributed by atoms with Crippen molar-refractivity contribution in [3.05, 3.63) is 78.4 Å². The van der Waals surface area contributed by atoms with Gasteiger partial charge in [0.1, 0.15) is 5.69 Å². The Morgan fingerprint density at radius 3 is 2.60 bits per heavy atom. The molecule has 1 aromatic carbocycles. The van der Waals surface area contributed by atoms with E-state index in [1.807, 2.05) is 13.8 Å². The lowest BCUT2D eigenvalue weighted by molar-refractivity contribution is -0.136. The maximum Gasteiger partial charge on any atom is 0.418 e. The molecule has 4 heterocycles. The molecule has 1 N–H and O–H groups in total. The van der Waals surface area contributed by atoms with Gasteiger partial charge in [0.15, 0.2) is 11.4 Å². The predicted octanol–water partition coefficient (Wildman–Crippen LogP) is 5.73. The Morgan fingerprint density at radius 2 is 1.94 bits per heavy atom. The van der Waals surface area contributed by atoms with E-state index in [1.54, 1.807) is 22.9 Å². The quantitative estimate of drug-likeness (QED) is 0.347. The first-order chi connectivity index (χ1) is 16.7. The number of hydrogen-bond acceptors (Lipinski definition) is 5. The molecule has 0 radical (unpaired) electrons. The minimum atomic E-state index is -4.71. The first-order valence-corrected chi connectivity index (χ1v) is 10.7. The number of nitrogens with one attached hydrogen (secondary N) is 1. The summed E-state index contributed by atoms with van der Waals surface area (Å²) in [5.74, 6) is -0.317. The molecule has 8 nitrogen and oxygen atoms in total. The van der Waals surface area contributed by atoms with Gasteiger partial charge in [-0.15, -0.1) is 0 Å². The number of anilines is 1. The van der Waals surface area contributed by atoms with Gasteiger partial charge in [-0.3, -0.25) is 4.79 Å². The molecule has 0 aliphatic carbocycles. The third-order valence-corrected chi connectivity index (χ3v) is 5.40. The van der Waals surface area contributed by atoms with Gasteiger partial charge in [0, 0.05) is 18.4 Å². The van der Waals surface area contributed by atoms with Crippen molar-refractivity contribution < 1.29 is 22.4 Å². The SMILES string of the molecule is CC(C)n1ncc2c(C(=O)Nc3ccc(-n4cccn4)cc3C(F)(F)F)cc(-c3ccco3)nc21. The van der Waals surface area contributed by atoms with Crippen LogP contribution in [-0.4, -0.2) is 30.5 Å². The van der Waals surface area contributed by atoms with Gasteiger partial charge in [-0.1, -0.05) is 0 Å². The summed E-state index contributed by atoms with van der Waals surface area (Å²) in [6.45, 7) is 3.81. The molecule has 0 saturated carbocycles. The third-order valence-electron chi connectivity index (χ3n) is 5.40. The Kier molecular flexibility index (Phi) is 5.39. The van der Waals surface area contributed by atoms with E-state index in [1.165, 1.54) is 47.7 Å². The highest BCUT2D eigenvalue weighted by atomic mass is 19.4. The number of furan rings is 1. The van der Waals surface area contributed by atoms with Crippen LogP contribution in [0.3, 0.4) is 0 Å². The first-order valence-electron chi connectivity index (χ1n) is 10.7. The summed E-state index contributed by atoms with van der Waals surface area (Å²) in [5, 5.41) is 11.1. The summed E-state index contributed by atoms with van der Waals surface area (Å²) < 4.78 is 50.1. The Labute approximate surface area is 197 Å². The van der Waals surface area contributed by atoms with Gasteiger partial charge in [0.25, 0.3) is 5.91 Å². The Morgan fingerprint density at radius 1 is 1.11 bits per heavy atom. The largest absolute Gasteiger partial charge is 0.463 e. The van der Waals surface area contributed by atoms with Crippen molar-refractivity contribution in [3.8, 4) is 17.1 Å². The van der Waals surface area contributed by atoms with Gasteiger partial charge in [0.2, 0.25) is 0 Å². The standard InChI is InChI=1S/C24H19F3N6O2/c1-14(2)33-22-17(13-29-33)16(12-20(30-22)21-5-3-10-35-21)23(34)31-19-7-6-15(32-9-4-8-28-32)11-18(19)24(25,26)27/h3-14H,1-2H3,(H,31,34). The molecule has 4 aromatic heterocycles. The van der Waals surface area contributed by atoms with Crippen molar-refractivity contribution in [3.63, 3.8) is 0 Å². The number of benzene rings is 1. The Balaban J connectivity index is 1.60. The van der Waals surface area contributed by atoms with Crippen LogP contribution < -0.4 is 5.32 Å². The van der Waals surface area contributed by atoms with Crippen LogP contribution in [0.15, 0.2) is 71.7 Å². The highest BCUT2D eigenvalue weighted by Crippen LogP contribution is 2.37. The lowest BCUT2D eigenvalue weighted by Crippen LogP contribution is -2.18. The van der Waals surface area contributed by atoms with E-state index in [9.17, 15) is 18.0 Å². The topological polar surface area (TPSA) is 90.8 Å². The van der Waals surface area contributed by atoms with Crippen molar-refractivity contribution >= 4 is 22.6 Å². The maximum absolute atomic E-state index is 13.9. The van der Waals surface area contributed by atoms with Gasteiger partial charge < -0.3 is 9.73 Å². The molecule has 0 aliphatic rings. The fourth-order valence-corrected chi connectivity index (χ4v) is 3.76. The van der Waals surface area contributed by atoms with E-state index in [4.69, 9.17) is 4.42 Å². The number of rotatable bonds is 5. The molecule has 0 atom stereocenters. The van der Waals surface area contributed by atoms with Crippen LogP contribution in [0, 0.1) is 0 Å². The van der Waals surface area contributed by atoms with Crippen LogP contribution in [0.2, 0.25) is 0 Å². The van der Waals surface area contributed by atoms with E-state index < -0.39 is 17.6 Å². The van der Waals surface area contributed by atoms with Gasteiger partial charge in [-0.05, 0) is 56.3 Å². The number of fused-ring (bicyclic) bond motifs is 1. The summed E-state index contributed by atoms with van der Waals surface area (Å²) in [4.78, 5) is 17.9. The van der Waals surface area contributed by atoms with E-state index in [-0.39, 0.29) is 23.0 Å². The van der Waals surface area contributed by atoms with Crippen LogP contribution in [0.1, 0.15) is 35.8 Å². The number of carbonyl (C=O) groups excluding carboxylic acids is 1. The minimum Gasteiger partial charge on any atom is -0.463 e. The van der Waals surface area contributed by atoms with Crippen molar-refractivity contribution in [2.75, 3.05) is 5.32 Å². The first kappa shape index (κ1) is 22.4. The molecule has 0 fully saturated rings. The fourth-order valence-electron chi connectivity index (χ4n) is 3.76. The molecule has 0 unspecified atom stereocenters. The van der Waals surface area contributed by atoms with Gasteiger partial charge >= 0.3 is 6.18 Å². The molecule has 35 heavy (non-hydrogen) atoms.